The number of amides is 4. The summed E-state index contributed by atoms with van der Waals surface area (Å²) in [5.74, 6) is -2.11. The number of carbonyl (C=O) groups excluding carboxylic acids is 4. The number of nitrogens with two attached hydrogens (primary N) is 4. The fraction of sp³-hybridized carbons (Fsp3) is 0.370. The van der Waals surface area contributed by atoms with Crippen LogP contribution in [0.2, 0.25) is 0 Å². The Morgan fingerprint density at radius 3 is 2.25 bits per heavy atom. The first-order chi connectivity index (χ1) is 19.0. The zero-order chi connectivity index (χ0) is 29.5. The highest BCUT2D eigenvalue weighted by atomic mass is 16.3. The van der Waals surface area contributed by atoms with Gasteiger partial charge in [-0.2, -0.15) is 0 Å². The van der Waals surface area contributed by atoms with Crippen LogP contribution in [0.4, 0.5) is 0 Å². The Hall–Kier alpha value is -4.65. The fourth-order valence-electron chi connectivity index (χ4n) is 3.81. The van der Waals surface area contributed by atoms with Crippen LogP contribution in [0.3, 0.4) is 0 Å². The molecule has 2 atom stereocenters. The summed E-state index contributed by atoms with van der Waals surface area (Å²) in [5.41, 5.74) is 23.6. The molecule has 0 saturated heterocycles. The van der Waals surface area contributed by atoms with E-state index in [0.717, 1.165) is 11.1 Å². The van der Waals surface area contributed by atoms with Crippen LogP contribution in [0.1, 0.15) is 30.4 Å². The van der Waals surface area contributed by atoms with E-state index in [-0.39, 0.29) is 57.2 Å². The average Bonchev–Trinajstić information content (AvgIpc) is 2.91. The normalized spacial score (nSPS) is 12.0. The van der Waals surface area contributed by atoms with Gasteiger partial charge in [0.2, 0.25) is 23.6 Å². The predicted molar refractivity (Wildman–Crippen MR) is 150 cm³/mol. The maximum Gasteiger partial charge on any atom is 0.245 e. The van der Waals surface area contributed by atoms with Gasteiger partial charge in [-0.15, -0.1) is 0 Å². The van der Waals surface area contributed by atoms with Crippen LogP contribution in [-0.4, -0.2) is 71.3 Å². The number of rotatable bonds is 16. The summed E-state index contributed by atoms with van der Waals surface area (Å²) in [6.45, 7) is 0.0508. The molecule has 13 nitrogen and oxygen atoms in total. The van der Waals surface area contributed by atoms with Gasteiger partial charge in [0.15, 0.2) is 5.96 Å². The first kappa shape index (κ1) is 31.6. The van der Waals surface area contributed by atoms with Gasteiger partial charge in [0.05, 0.1) is 12.6 Å². The molecule has 11 N–H and O–H groups in total. The molecule has 4 amide bonds. The number of hydrogen-bond donors (Lipinski definition) is 7. The highest BCUT2D eigenvalue weighted by molar-refractivity contribution is 5.92. The van der Waals surface area contributed by atoms with E-state index in [2.05, 4.69) is 15.6 Å². The summed E-state index contributed by atoms with van der Waals surface area (Å²) in [7, 11) is 0. The van der Waals surface area contributed by atoms with Crippen molar-refractivity contribution in [2.45, 2.75) is 44.3 Å². The second-order valence-corrected chi connectivity index (χ2v) is 9.23. The van der Waals surface area contributed by atoms with Crippen molar-refractivity contribution >= 4 is 29.6 Å². The van der Waals surface area contributed by atoms with Crippen molar-refractivity contribution in [3.05, 3.63) is 65.7 Å². The molecule has 0 bridgehead atoms. The lowest BCUT2D eigenvalue weighted by atomic mass is 10.0. The molecule has 0 heterocycles. The van der Waals surface area contributed by atoms with Gasteiger partial charge in [-0.05, 0) is 42.5 Å². The largest absolute Gasteiger partial charge is 0.508 e. The number of benzene rings is 2. The van der Waals surface area contributed by atoms with Crippen molar-refractivity contribution in [1.29, 1.82) is 0 Å². The molecule has 0 aliphatic rings. The first-order valence-corrected chi connectivity index (χ1v) is 12.8. The van der Waals surface area contributed by atoms with Crippen LogP contribution in [0.15, 0.2) is 59.6 Å². The summed E-state index contributed by atoms with van der Waals surface area (Å²) < 4.78 is 0. The number of phenols is 1. The van der Waals surface area contributed by atoms with Crippen molar-refractivity contribution < 1.29 is 24.3 Å². The molecule has 0 fully saturated rings. The van der Waals surface area contributed by atoms with Crippen LogP contribution >= 0.6 is 0 Å². The van der Waals surface area contributed by atoms with Crippen molar-refractivity contribution in [3.63, 3.8) is 0 Å². The number of primary amides is 1. The quantitative estimate of drug-likeness (QED) is 0.0756. The molecule has 0 radical (unpaired) electrons. The fourth-order valence-corrected chi connectivity index (χ4v) is 3.81. The lowest BCUT2D eigenvalue weighted by Crippen LogP contribution is -2.54. The van der Waals surface area contributed by atoms with Crippen LogP contribution in [-0.2, 0) is 32.1 Å². The highest BCUT2D eigenvalue weighted by Crippen LogP contribution is 2.13. The molecule has 2 aromatic rings. The van der Waals surface area contributed by atoms with Crippen molar-refractivity contribution in [2.75, 3.05) is 19.6 Å². The number of carbonyl (C=O) groups is 4. The van der Waals surface area contributed by atoms with Gasteiger partial charge in [-0.3, -0.25) is 24.2 Å². The third kappa shape index (κ3) is 11.8. The van der Waals surface area contributed by atoms with Gasteiger partial charge in [0, 0.05) is 26.1 Å². The number of guanidine groups is 1. The highest BCUT2D eigenvalue weighted by Gasteiger charge is 2.29. The molecule has 216 valence electrons. The van der Waals surface area contributed by atoms with Crippen LogP contribution in [0, 0.1) is 0 Å². The first-order valence-electron chi connectivity index (χ1n) is 12.8. The standard InChI is InChI=1S/C27H38N8O5/c28-21(15-18-8-10-20(36)11-9-18)25(39)34-22(7-4-13-33-27(30)31)26(40)35(16-19-5-2-1-3-6-19)17-24(38)32-14-12-23(29)37/h1-3,5-6,8-11,21-22,36H,4,7,12-17,28H2,(H2,29,37)(H,32,38)(H,34,39)(H4,30,31,33)/t21-,22+/m0/s1. The molecule has 0 unspecified atom stereocenters. The van der Waals surface area contributed by atoms with Gasteiger partial charge in [0.1, 0.15) is 11.8 Å². The third-order valence-electron chi connectivity index (χ3n) is 5.84. The Morgan fingerprint density at radius 1 is 0.950 bits per heavy atom. The molecular weight excluding hydrogens is 516 g/mol. The Morgan fingerprint density at radius 2 is 1.62 bits per heavy atom. The molecule has 0 aliphatic heterocycles. The summed E-state index contributed by atoms with van der Waals surface area (Å²) in [6, 6.07) is 13.4. The molecule has 0 spiro atoms. The number of nitrogens with zero attached hydrogens (tertiary/aromatic N) is 2. The van der Waals surface area contributed by atoms with Crippen molar-refractivity contribution in [2.24, 2.45) is 27.9 Å². The van der Waals surface area contributed by atoms with Gasteiger partial charge in [-0.25, -0.2) is 0 Å². The molecule has 0 aromatic heterocycles. The van der Waals surface area contributed by atoms with E-state index < -0.39 is 35.7 Å². The van der Waals surface area contributed by atoms with Gasteiger partial charge in [0.25, 0.3) is 0 Å². The minimum atomic E-state index is -1.02. The second kappa shape index (κ2) is 16.3. The SMILES string of the molecule is NC(=O)CCNC(=O)CN(Cc1ccccc1)C(=O)[C@@H](CCCN=C(N)N)NC(=O)[C@@H](N)Cc1ccc(O)cc1. The minimum Gasteiger partial charge on any atom is -0.508 e. The second-order valence-electron chi connectivity index (χ2n) is 9.23. The average molecular weight is 555 g/mol. The Bertz CT molecular complexity index is 1150. The van der Waals surface area contributed by atoms with E-state index in [9.17, 15) is 24.3 Å². The van der Waals surface area contributed by atoms with Crippen LogP contribution < -0.4 is 33.6 Å². The number of phenolic OH excluding ortho intramolecular Hbond substituents is 1. The van der Waals surface area contributed by atoms with E-state index in [1.165, 1.54) is 17.0 Å². The number of hydrogen-bond acceptors (Lipinski definition) is 7. The predicted octanol–water partition coefficient (Wildman–Crippen LogP) is -1.18. The Labute approximate surface area is 233 Å². The number of aromatic hydroxyl groups is 1. The van der Waals surface area contributed by atoms with Crippen LogP contribution in [0.25, 0.3) is 0 Å². The summed E-state index contributed by atoms with van der Waals surface area (Å²) in [6.07, 6.45) is 0.686. The zero-order valence-corrected chi connectivity index (χ0v) is 22.3. The third-order valence-corrected chi connectivity index (χ3v) is 5.84. The summed E-state index contributed by atoms with van der Waals surface area (Å²) in [5, 5.41) is 14.8. The lowest BCUT2D eigenvalue weighted by Gasteiger charge is -2.28. The van der Waals surface area contributed by atoms with E-state index in [1.54, 1.807) is 12.1 Å². The summed E-state index contributed by atoms with van der Waals surface area (Å²) in [4.78, 5) is 55.7. The van der Waals surface area contributed by atoms with Gasteiger partial charge in [-0.1, -0.05) is 42.5 Å². The number of nitrogens with one attached hydrogen (secondary N) is 2. The monoisotopic (exact) mass is 554 g/mol. The van der Waals surface area contributed by atoms with E-state index in [4.69, 9.17) is 22.9 Å². The van der Waals surface area contributed by atoms with Gasteiger partial charge < -0.3 is 43.6 Å². The molecule has 2 aromatic carbocycles. The van der Waals surface area contributed by atoms with E-state index in [1.807, 2.05) is 30.3 Å². The van der Waals surface area contributed by atoms with Crippen molar-refractivity contribution in [1.82, 2.24) is 15.5 Å². The molecule has 13 heteroatoms. The van der Waals surface area contributed by atoms with E-state index >= 15 is 0 Å². The smallest absolute Gasteiger partial charge is 0.245 e. The maximum atomic E-state index is 13.8. The number of aliphatic imine (C=N–C) groups is 1. The molecule has 0 saturated carbocycles. The van der Waals surface area contributed by atoms with Crippen LogP contribution in [0.5, 0.6) is 5.75 Å². The molecule has 2 rings (SSSR count). The molecule has 0 aliphatic carbocycles. The van der Waals surface area contributed by atoms with Gasteiger partial charge >= 0.3 is 0 Å². The molecular formula is C27H38N8O5. The Kier molecular flexibility index (Phi) is 12.9. The maximum absolute atomic E-state index is 13.8. The lowest BCUT2D eigenvalue weighted by molar-refractivity contribution is -0.140. The molecule has 40 heavy (non-hydrogen) atoms. The van der Waals surface area contributed by atoms with E-state index in [0.29, 0.717) is 6.42 Å². The zero-order valence-electron chi connectivity index (χ0n) is 22.3. The van der Waals surface area contributed by atoms with Crippen molar-refractivity contribution in [3.8, 4) is 5.75 Å². The topological polar surface area (TPSA) is 232 Å². The minimum absolute atomic E-state index is 0.0341. The Balaban J connectivity index is 2.20. The summed E-state index contributed by atoms with van der Waals surface area (Å²) >= 11 is 0.